The fourth-order valence-electron chi connectivity index (χ4n) is 3.53. The quantitative estimate of drug-likeness (QED) is 0.759. The normalized spacial score (nSPS) is 28.4. The van der Waals surface area contributed by atoms with Gasteiger partial charge in [-0.15, -0.1) is 0 Å². The zero-order valence-corrected chi connectivity index (χ0v) is 10.4. The van der Waals surface area contributed by atoms with Crippen LogP contribution in [0.15, 0.2) is 12.1 Å². The Kier molecular flexibility index (Phi) is 2.32. The highest BCUT2D eigenvalue weighted by molar-refractivity contribution is 5.46. The molecule has 1 aliphatic carbocycles. The van der Waals surface area contributed by atoms with Crippen LogP contribution in [-0.4, -0.2) is 6.54 Å². The Bertz CT molecular complexity index is 414. The molecule has 0 radical (unpaired) electrons. The summed E-state index contributed by atoms with van der Waals surface area (Å²) < 4.78 is 0. The standard InChI is InChI=1S/C15H21N/c1-11-7-8-14(13-6-3-5-12(11)13)15(2)9-4-10-16-15/h7-8,16H,3-6,9-10H2,1-2H3. The molecule has 1 unspecified atom stereocenters. The van der Waals surface area contributed by atoms with Gasteiger partial charge in [-0.3, -0.25) is 0 Å². The zero-order chi connectivity index (χ0) is 11.2. The molecule has 1 heterocycles. The molecular weight excluding hydrogens is 194 g/mol. The van der Waals surface area contributed by atoms with E-state index >= 15 is 0 Å². The van der Waals surface area contributed by atoms with E-state index in [0.29, 0.717) is 0 Å². The Hall–Kier alpha value is -0.820. The molecule has 16 heavy (non-hydrogen) atoms. The summed E-state index contributed by atoms with van der Waals surface area (Å²) in [4.78, 5) is 0. The van der Waals surface area contributed by atoms with Crippen LogP contribution in [0.2, 0.25) is 0 Å². The van der Waals surface area contributed by atoms with Crippen molar-refractivity contribution in [2.75, 3.05) is 6.54 Å². The van der Waals surface area contributed by atoms with Crippen molar-refractivity contribution in [3.05, 3.63) is 34.4 Å². The molecule has 86 valence electrons. The summed E-state index contributed by atoms with van der Waals surface area (Å²) in [5.74, 6) is 0. The van der Waals surface area contributed by atoms with Gasteiger partial charge in [0.05, 0.1) is 0 Å². The highest BCUT2D eigenvalue weighted by atomic mass is 15.0. The van der Waals surface area contributed by atoms with Crippen molar-refractivity contribution in [3.8, 4) is 0 Å². The van der Waals surface area contributed by atoms with Gasteiger partial charge in [-0.1, -0.05) is 12.1 Å². The maximum atomic E-state index is 3.70. The molecule has 0 bridgehead atoms. The highest BCUT2D eigenvalue weighted by Gasteiger charge is 2.33. The molecule has 0 amide bonds. The van der Waals surface area contributed by atoms with Gasteiger partial charge < -0.3 is 5.32 Å². The van der Waals surface area contributed by atoms with Gasteiger partial charge in [0, 0.05) is 5.54 Å². The van der Waals surface area contributed by atoms with Crippen LogP contribution in [0.5, 0.6) is 0 Å². The van der Waals surface area contributed by atoms with Gasteiger partial charge >= 0.3 is 0 Å². The van der Waals surface area contributed by atoms with Crippen molar-refractivity contribution < 1.29 is 0 Å². The Labute approximate surface area is 98.3 Å². The van der Waals surface area contributed by atoms with Crippen LogP contribution in [0.3, 0.4) is 0 Å². The van der Waals surface area contributed by atoms with Gasteiger partial charge in [-0.05, 0) is 74.8 Å². The molecule has 0 spiro atoms. The number of nitrogens with one attached hydrogen (secondary N) is 1. The van der Waals surface area contributed by atoms with Crippen LogP contribution < -0.4 is 5.32 Å². The van der Waals surface area contributed by atoms with Crippen molar-refractivity contribution in [2.24, 2.45) is 0 Å². The maximum Gasteiger partial charge on any atom is 0.0409 e. The van der Waals surface area contributed by atoms with Crippen LogP contribution in [-0.2, 0) is 18.4 Å². The Morgan fingerprint density at radius 3 is 2.69 bits per heavy atom. The Morgan fingerprint density at radius 1 is 1.12 bits per heavy atom. The average molecular weight is 215 g/mol. The first-order valence-electron chi connectivity index (χ1n) is 6.57. The van der Waals surface area contributed by atoms with Crippen LogP contribution >= 0.6 is 0 Å². The maximum absolute atomic E-state index is 3.70. The second kappa shape index (κ2) is 3.59. The van der Waals surface area contributed by atoms with Gasteiger partial charge in [0.2, 0.25) is 0 Å². The largest absolute Gasteiger partial charge is 0.308 e. The lowest BCUT2D eigenvalue weighted by Gasteiger charge is -2.28. The van der Waals surface area contributed by atoms with Crippen LogP contribution in [0, 0.1) is 6.92 Å². The monoisotopic (exact) mass is 215 g/mol. The smallest absolute Gasteiger partial charge is 0.0409 e. The van der Waals surface area contributed by atoms with E-state index in [1.165, 1.54) is 44.2 Å². The van der Waals surface area contributed by atoms with E-state index in [-0.39, 0.29) is 5.54 Å². The van der Waals surface area contributed by atoms with E-state index in [9.17, 15) is 0 Å². The lowest BCUT2D eigenvalue weighted by molar-refractivity contribution is 0.431. The molecule has 1 nitrogen and oxygen atoms in total. The van der Waals surface area contributed by atoms with Gasteiger partial charge in [0.15, 0.2) is 0 Å². The van der Waals surface area contributed by atoms with Crippen LogP contribution in [0.4, 0.5) is 0 Å². The fourth-order valence-corrected chi connectivity index (χ4v) is 3.53. The second-order valence-corrected chi connectivity index (χ2v) is 5.60. The first kappa shape index (κ1) is 10.3. The van der Waals surface area contributed by atoms with Gasteiger partial charge in [-0.25, -0.2) is 0 Å². The Morgan fingerprint density at radius 2 is 1.94 bits per heavy atom. The minimum absolute atomic E-state index is 0.252. The summed E-state index contributed by atoms with van der Waals surface area (Å²) in [6, 6.07) is 4.70. The molecule has 1 aromatic rings. The molecule has 1 saturated heterocycles. The van der Waals surface area contributed by atoms with Gasteiger partial charge in [0.25, 0.3) is 0 Å². The lowest BCUT2D eigenvalue weighted by atomic mass is 9.84. The molecule has 2 aliphatic rings. The van der Waals surface area contributed by atoms with Crippen LogP contribution in [0.25, 0.3) is 0 Å². The summed E-state index contributed by atoms with van der Waals surface area (Å²) in [5.41, 5.74) is 6.65. The van der Waals surface area contributed by atoms with Crippen molar-refractivity contribution in [1.29, 1.82) is 0 Å². The third-order valence-electron chi connectivity index (χ3n) is 4.48. The number of aryl methyl sites for hydroxylation is 1. The van der Waals surface area contributed by atoms with E-state index in [2.05, 4.69) is 31.3 Å². The first-order chi connectivity index (χ1) is 7.71. The lowest BCUT2D eigenvalue weighted by Crippen LogP contribution is -2.34. The molecular formula is C15H21N. The SMILES string of the molecule is Cc1ccc(C2(C)CCCN2)c2c1CCC2. The van der Waals surface area contributed by atoms with Crippen molar-refractivity contribution in [2.45, 2.75) is 51.5 Å². The fraction of sp³-hybridized carbons (Fsp3) is 0.600. The van der Waals surface area contributed by atoms with Crippen LogP contribution in [0.1, 0.15) is 48.4 Å². The molecule has 0 aromatic heterocycles. The molecule has 0 saturated carbocycles. The van der Waals surface area contributed by atoms with E-state index in [0.717, 1.165) is 0 Å². The number of hydrogen-bond donors (Lipinski definition) is 1. The number of benzene rings is 1. The minimum Gasteiger partial charge on any atom is -0.308 e. The molecule has 1 N–H and O–H groups in total. The average Bonchev–Trinajstić information content (AvgIpc) is 2.88. The number of rotatable bonds is 1. The second-order valence-electron chi connectivity index (χ2n) is 5.60. The Balaban J connectivity index is 2.11. The molecule has 1 aromatic carbocycles. The van der Waals surface area contributed by atoms with Crippen molar-refractivity contribution in [1.82, 2.24) is 5.32 Å². The topological polar surface area (TPSA) is 12.0 Å². The summed E-state index contributed by atoms with van der Waals surface area (Å²) in [6.07, 6.45) is 6.56. The summed E-state index contributed by atoms with van der Waals surface area (Å²) in [6.45, 7) is 5.82. The van der Waals surface area contributed by atoms with E-state index in [4.69, 9.17) is 0 Å². The third kappa shape index (κ3) is 1.41. The first-order valence-corrected chi connectivity index (χ1v) is 6.57. The highest BCUT2D eigenvalue weighted by Crippen LogP contribution is 2.38. The van der Waals surface area contributed by atoms with Crippen molar-refractivity contribution in [3.63, 3.8) is 0 Å². The molecule has 1 heteroatoms. The molecule has 1 atom stereocenters. The number of fused-ring (bicyclic) bond motifs is 1. The number of hydrogen-bond acceptors (Lipinski definition) is 1. The van der Waals surface area contributed by atoms with Crippen molar-refractivity contribution >= 4 is 0 Å². The van der Waals surface area contributed by atoms with Gasteiger partial charge in [-0.2, -0.15) is 0 Å². The van der Waals surface area contributed by atoms with E-state index < -0.39 is 0 Å². The van der Waals surface area contributed by atoms with E-state index in [1.54, 1.807) is 16.7 Å². The molecule has 3 rings (SSSR count). The summed E-state index contributed by atoms with van der Waals surface area (Å²) >= 11 is 0. The third-order valence-corrected chi connectivity index (χ3v) is 4.48. The van der Waals surface area contributed by atoms with Gasteiger partial charge in [0.1, 0.15) is 0 Å². The molecule has 1 fully saturated rings. The summed E-state index contributed by atoms with van der Waals surface area (Å²) in [7, 11) is 0. The predicted molar refractivity (Wildman–Crippen MR) is 67.8 cm³/mol. The zero-order valence-electron chi connectivity index (χ0n) is 10.4. The minimum atomic E-state index is 0.252. The predicted octanol–water partition coefficient (Wildman–Crippen LogP) is 3.08. The molecule has 1 aliphatic heterocycles. The summed E-state index contributed by atoms with van der Waals surface area (Å²) in [5, 5.41) is 3.70. The van der Waals surface area contributed by atoms with E-state index in [1.807, 2.05) is 0 Å².